The minimum absolute atomic E-state index is 0.473. The van der Waals surface area contributed by atoms with E-state index in [4.69, 9.17) is 0 Å². The van der Waals surface area contributed by atoms with Crippen molar-refractivity contribution in [1.29, 1.82) is 0 Å². The molecule has 0 aliphatic heterocycles. The number of nitrogens with zero attached hydrogens (tertiary/aromatic N) is 1. The van der Waals surface area contributed by atoms with Crippen LogP contribution in [0.5, 0.6) is 0 Å². The lowest BCUT2D eigenvalue weighted by atomic mass is 9.68. The molecule has 0 saturated heterocycles. The van der Waals surface area contributed by atoms with Crippen LogP contribution in [0.3, 0.4) is 0 Å². The van der Waals surface area contributed by atoms with E-state index in [1.165, 1.54) is 66.4 Å². The van der Waals surface area contributed by atoms with E-state index in [0.717, 1.165) is 17.1 Å². The van der Waals surface area contributed by atoms with E-state index in [1.807, 2.05) is 0 Å². The molecule has 254 valence electrons. The third-order valence-corrected chi connectivity index (χ3v) is 11.1. The lowest BCUT2D eigenvalue weighted by Gasteiger charge is -2.34. The fraction of sp³-hybridized carbons (Fsp3) is 0.0189. The number of para-hydroxylation sites is 1. The summed E-state index contributed by atoms with van der Waals surface area (Å²) in [4.78, 5) is 2.45. The molecule has 0 N–H and O–H groups in total. The normalized spacial score (nSPS) is 12.6. The second-order valence-corrected chi connectivity index (χ2v) is 14.1. The molecule has 0 aromatic heterocycles. The molecule has 0 atom stereocenters. The van der Waals surface area contributed by atoms with Gasteiger partial charge in [0.25, 0.3) is 0 Å². The van der Waals surface area contributed by atoms with Crippen molar-refractivity contribution in [2.24, 2.45) is 0 Å². The van der Waals surface area contributed by atoms with E-state index in [2.05, 4.69) is 229 Å². The maximum absolute atomic E-state index is 2.45. The zero-order valence-corrected chi connectivity index (χ0v) is 29.8. The van der Waals surface area contributed by atoms with Crippen molar-refractivity contribution >= 4 is 27.8 Å². The molecule has 1 aliphatic rings. The van der Waals surface area contributed by atoms with E-state index in [1.54, 1.807) is 0 Å². The maximum atomic E-state index is 2.45. The minimum atomic E-state index is -0.473. The van der Waals surface area contributed by atoms with Crippen LogP contribution in [0.1, 0.15) is 22.3 Å². The molecule has 54 heavy (non-hydrogen) atoms. The summed E-state index contributed by atoms with van der Waals surface area (Å²) in [7, 11) is 0. The smallest absolute Gasteiger partial charge is 0.0714 e. The first-order valence-corrected chi connectivity index (χ1v) is 18.7. The van der Waals surface area contributed by atoms with Gasteiger partial charge >= 0.3 is 0 Å². The third-order valence-electron chi connectivity index (χ3n) is 11.1. The van der Waals surface area contributed by atoms with Crippen molar-refractivity contribution in [3.05, 3.63) is 247 Å². The largest absolute Gasteiger partial charge is 0.310 e. The number of anilines is 3. The summed E-state index contributed by atoms with van der Waals surface area (Å²) in [6, 6.07) is 82.0. The van der Waals surface area contributed by atoms with Crippen LogP contribution in [-0.4, -0.2) is 0 Å². The van der Waals surface area contributed by atoms with E-state index in [-0.39, 0.29) is 0 Å². The highest BCUT2D eigenvalue weighted by Gasteiger charge is 2.47. The molecule has 0 amide bonds. The minimum Gasteiger partial charge on any atom is -0.310 e. The molecule has 0 saturated carbocycles. The molecule has 0 heterocycles. The molecular formula is C53H37N. The number of benzene rings is 9. The number of hydrogen-bond donors (Lipinski definition) is 0. The molecule has 0 radical (unpaired) electrons. The van der Waals surface area contributed by atoms with Crippen molar-refractivity contribution in [3.8, 4) is 33.4 Å². The van der Waals surface area contributed by atoms with Crippen molar-refractivity contribution in [2.75, 3.05) is 4.90 Å². The fourth-order valence-corrected chi connectivity index (χ4v) is 8.73. The standard InChI is InChI=1S/C53H37N/c1-5-17-38(18-6-1)40-19-15-20-41(35-40)42-32-31-39-33-34-47(37-43(39)36-42)54(46-25-11-4-12-26-46)51-30-16-29-50-52(51)48-27-13-14-28-49(48)53(50,44-21-7-2-8-22-44)45-23-9-3-10-24-45/h1-37H. The lowest BCUT2D eigenvalue weighted by Crippen LogP contribution is -2.28. The summed E-state index contributed by atoms with van der Waals surface area (Å²) in [5.74, 6) is 0. The van der Waals surface area contributed by atoms with Gasteiger partial charge in [0.1, 0.15) is 0 Å². The maximum Gasteiger partial charge on any atom is 0.0714 e. The highest BCUT2D eigenvalue weighted by atomic mass is 15.1. The first-order valence-electron chi connectivity index (χ1n) is 18.7. The molecule has 1 nitrogen and oxygen atoms in total. The Labute approximate surface area is 317 Å². The Hall–Kier alpha value is -6.96. The van der Waals surface area contributed by atoms with Crippen molar-refractivity contribution in [2.45, 2.75) is 5.41 Å². The molecule has 0 fully saturated rings. The second kappa shape index (κ2) is 13.2. The molecule has 9 aromatic rings. The van der Waals surface area contributed by atoms with E-state index < -0.39 is 5.41 Å². The Bertz CT molecular complexity index is 2710. The van der Waals surface area contributed by atoms with Gasteiger partial charge < -0.3 is 4.90 Å². The predicted octanol–water partition coefficient (Wildman–Crippen LogP) is 14.0. The van der Waals surface area contributed by atoms with Crippen LogP contribution < -0.4 is 4.90 Å². The second-order valence-electron chi connectivity index (χ2n) is 14.1. The molecule has 1 heteroatoms. The fourth-order valence-electron chi connectivity index (χ4n) is 8.73. The Morgan fingerprint density at radius 2 is 0.852 bits per heavy atom. The molecule has 0 spiro atoms. The van der Waals surface area contributed by atoms with Crippen molar-refractivity contribution in [3.63, 3.8) is 0 Å². The average Bonchev–Trinajstić information content (AvgIpc) is 3.56. The van der Waals surface area contributed by atoms with Gasteiger partial charge in [-0.3, -0.25) is 0 Å². The third kappa shape index (κ3) is 5.17. The Morgan fingerprint density at radius 1 is 0.315 bits per heavy atom. The molecule has 0 bridgehead atoms. The van der Waals surface area contributed by atoms with Gasteiger partial charge in [-0.15, -0.1) is 0 Å². The summed E-state index contributed by atoms with van der Waals surface area (Å²) in [6.45, 7) is 0. The van der Waals surface area contributed by atoms with Gasteiger partial charge in [0.2, 0.25) is 0 Å². The summed E-state index contributed by atoms with van der Waals surface area (Å²) < 4.78 is 0. The SMILES string of the molecule is c1ccc(-c2cccc(-c3ccc4ccc(N(c5ccccc5)c5cccc6c5-c5ccccc5C6(c5ccccc5)c5ccccc5)cc4c3)c2)cc1. The molecule has 9 aromatic carbocycles. The van der Waals surface area contributed by atoms with E-state index in [9.17, 15) is 0 Å². The number of fused-ring (bicyclic) bond motifs is 4. The molecule has 10 rings (SSSR count). The van der Waals surface area contributed by atoms with Gasteiger partial charge in [0, 0.05) is 16.9 Å². The highest BCUT2D eigenvalue weighted by molar-refractivity contribution is 5.99. The predicted molar refractivity (Wildman–Crippen MR) is 227 cm³/mol. The quantitative estimate of drug-likeness (QED) is 0.161. The van der Waals surface area contributed by atoms with Crippen LogP contribution in [0.4, 0.5) is 17.1 Å². The van der Waals surface area contributed by atoms with Crippen LogP contribution in [0, 0.1) is 0 Å². The van der Waals surface area contributed by atoms with Gasteiger partial charge in [0.05, 0.1) is 11.1 Å². The van der Waals surface area contributed by atoms with Gasteiger partial charge in [-0.25, -0.2) is 0 Å². The summed E-state index contributed by atoms with van der Waals surface area (Å²) in [6.07, 6.45) is 0. The van der Waals surface area contributed by atoms with Gasteiger partial charge in [-0.2, -0.15) is 0 Å². The molecule has 1 aliphatic carbocycles. The van der Waals surface area contributed by atoms with E-state index in [0.29, 0.717) is 0 Å². The Kier molecular flexibility index (Phi) is 7.78. The van der Waals surface area contributed by atoms with Crippen molar-refractivity contribution < 1.29 is 0 Å². The van der Waals surface area contributed by atoms with E-state index >= 15 is 0 Å². The highest BCUT2D eigenvalue weighted by Crippen LogP contribution is 2.59. The summed E-state index contributed by atoms with van der Waals surface area (Å²) in [5, 5.41) is 2.41. The number of rotatable bonds is 7. The van der Waals surface area contributed by atoms with Gasteiger partial charge in [-0.1, -0.05) is 182 Å². The van der Waals surface area contributed by atoms with Crippen LogP contribution in [-0.2, 0) is 5.41 Å². The van der Waals surface area contributed by atoms with Gasteiger partial charge in [0.15, 0.2) is 0 Å². The lowest BCUT2D eigenvalue weighted by molar-refractivity contribution is 0.768. The summed E-state index contributed by atoms with van der Waals surface area (Å²) in [5.41, 5.74) is 15.4. The van der Waals surface area contributed by atoms with Crippen LogP contribution in [0.2, 0.25) is 0 Å². The zero-order valence-electron chi connectivity index (χ0n) is 29.8. The Morgan fingerprint density at radius 3 is 1.57 bits per heavy atom. The average molecular weight is 688 g/mol. The number of hydrogen-bond acceptors (Lipinski definition) is 1. The van der Waals surface area contributed by atoms with Gasteiger partial charge in [-0.05, 0) is 103 Å². The van der Waals surface area contributed by atoms with Crippen molar-refractivity contribution in [1.82, 2.24) is 0 Å². The molecular weight excluding hydrogens is 651 g/mol. The van der Waals surface area contributed by atoms with Crippen LogP contribution in [0.25, 0.3) is 44.2 Å². The summed E-state index contributed by atoms with van der Waals surface area (Å²) >= 11 is 0. The first kappa shape index (κ1) is 31.7. The van der Waals surface area contributed by atoms with Crippen LogP contribution in [0.15, 0.2) is 224 Å². The Balaban J connectivity index is 1.18. The van der Waals surface area contributed by atoms with Crippen LogP contribution >= 0.6 is 0 Å². The monoisotopic (exact) mass is 687 g/mol. The molecule has 0 unspecified atom stereocenters. The zero-order chi connectivity index (χ0) is 35.9. The first-order chi connectivity index (χ1) is 26.8. The topological polar surface area (TPSA) is 3.24 Å².